The predicted octanol–water partition coefficient (Wildman–Crippen LogP) is 8.84. The van der Waals surface area contributed by atoms with Crippen molar-refractivity contribution in [3.8, 4) is 22.3 Å². The quantitative estimate of drug-likeness (QED) is 0.257. The van der Waals surface area contributed by atoms with E-state index >= 15 is 0 Å². The lowest BCUT2D eigenvalue weighted by Crippen LogP contribution is -1.82. The molecule has 1 aromatic heterocycles. The highest BCUT2D eigenvalue weighted by Crippen LogP contribution is 2.38. The average molecular weight is 449 g/mol. The molecule has 0 atom stereocenters. The van der Waals surface area contributed by atoms with Crippen molar-refractivity contribution in [2.24, 2.45) is 0 Å². The topological polar surface area (TPSA) is 13.1 Å². The number of rotatable bonds is 2. The minimum absolute atomic E-state index is 0.931. The van der Waals surface area contributed by atoms with Gasteiger partial charge in [-0.2, -0.15) is 0 Å². The largest absolute Gasteiger partial charge is 0.455 e. The van der Waals surface area contributed by atoms with Gasteiger partial charge in [0.05, 0.1) is 0 Å². The van der Waals surface area contributed by atoms with Crippen LogP contribution in [-0.2, 0) is 0 Å². The third-order valence-corrected chi connectivity index (χ3v) is 6.24. The maximum atomic E-state index is 6.40. The molecule has 0 radical (unpaired) electrons. The molecule has 1 nitrogen and oxygen atoms in total. The normalized spacial score (nSPS) is 11.5. The first-order chi connectivity index (χ1) is 14.8. The molecule has 0 aliphatic heterocycles. The highest BCUT2D eigenvalue weighted by Gasteiger charge is 2.13. The Morgan fingerprint density at radius 2 is 1.27 bits per heavy atom. The lowest BCUT2D eigenvalue weighted by molar-refractivity contribution is 0.670. The molecule has 142 valence electrons. The summed E-state index contributed by atoms with van der Waals surface area (Å²) < 4.78 is 7.49. The highest BCUT2D eigenvalue weighted by atomic mass is 79.9. The van der Waals surface area contributed by atoms with E-state index in [-0.39, 0.29) is 0 Å². The fourth-order valence-electron chi connectivity index (χ4n) is 4.22. The minimum atomic E-state index is 0.931. The van der Waals surface area contributed by atoms with Gasteiger partial charge in [0.2, 0.25) is 0 Å². The molecular formula is C28H17BrO. The molecule has 0 spiro atoms. The number of benzene rings is 5. The molecule has 0 saturated carbocycles. The van der Waals surface area contributed by atoms with Gasteiger partial charge in [0.15, 0.2) is 0 Å². The summed E-state index contributed by atoms with van der Waals surface area (Å²) in [5, 5.41) is 4.75. The molecule has 1 heterocycles. The number of fused-ring (bicyclic) bond motifs is 4. The summed E-state index contributed by atoms with van der Waals surface area (Å²) >= 11 is 3.52. The van der Waals surface area contributed by atoms with E-state index in [4.69, 9.17) is 4.42 Å². The van der Waals surface area contributed by atoms with Gasteiger partial charge in [0.1, 0.15) is 11.2 Å². The van der Waals surface area contributed by atoms with Crippen LogP contribution < -0.4 is 0 Å². The van der Waals surface area contributed by atoms with Gasteiger partial charge in [-0.1, -0.05) is 88.7 Å². The Hall–Kier alpha value is -3.36. The van der Waals surface area contributed by atoms with Crippen molar-refractivity contribution in [3.05, 3.63) is 108 Å². The second-order valence-corrected chi connectivity index (χ2v) is 8.48. The van der Waals surface area contributed by atoms with Crippen LogP contribution in [0.3, 0.4) is 0 Å². The molecule has 0 N–H and O–H groups in total. The van der Waals surface area contributed by atoms with Gasteiger partial charge < -0.3 is 4.42 Å². The molecular weight excluding hydrogens is 432 g/mol. The summed E-state index contributed by atoms with van der Waals surface area (Å²) in [5.41, 5.74) is 6.54. The minimum Gasteiger partial charge on any atom is -0.455 e. The van der Waals surface area contributed by atoms with E-state index < -0.39 is 0 Å². The van der Waals surface area contributed by atoms with Crippen molar-refractivity contribution in [1.29, 1.82) is 0 Å². The predicted molar refractivity (Wildman–Crippen MR) is 130 cm³/mol. The van der Waals surface area contributed by atoms with Crippen LogP contribution in [-0.4, -0.2) is 0 Å². The third kappa shape index (κ3) is 2.84. The number of para-hydroxylation sites is 1. The Kier molecular flexibility index (Phi) is 4.00. The second-order valence-electron chi connectivity index (χ2n) is 7.57. The number of halogens is 1. The Labute approximate surface area is 182 Å². The van der Waals surface area contributed by atoms with E-state index in [2.05, 4.69) is 119 Å². The van der Waals surface area contributed by atoms with Gasteiger partial charge in [0.25, 0.3) is 0 Å². The molecule has 0 saturated heterocycles. The molecule has 6 rings (SSSR count). The molecule has 0 amide bonds. The summed E-state index contributed by atoms with van der Waals surface area (Å²) in [6, 6.07) is 36.3. The first-order valence-electron chi connectivity index (χ1n) is 9.97. The SMILES string of the molecule is Brc1ccc(-c2cccc(-c3cccc4c3oc3cc5ccccc5cc34)c2)cc1. The maximum absolute atomic E-state index is 6.40. The zero-order valence-electron chi connectivity index (χ0n) is 16.1. The van der Waals surface area contributed by atoms with Crippen molar-refractivity contribution >= 4 is 48.6 Å². The third-order valence-electron chi connectivity index (χ3n) is 5.72. The van der Waals surface area contributed by atoms with Crippen LogP contribution >= 0.6 is 15.9 Å². The van der Waals surface area contributed by atoms with Crippen molar-refractivity contribution < 1.29 is 4.42 Å². The highest BCUT2D eigenvalue weighted by molar-refractivity contribution is 9.10. The van der Waals surface area contributed by atoms with Crippen LogP contribution in [0.4, 0.5) is 0 Å². The molecule has 0 bridgehead atoms. The number of hydrogen-bond acceptors (Lipinski definition) is 1. The van der Waals surface area contributed by atoms with Crippen LogP contribution in [0.25, 0.3) is 55.0 Å². The van der Waals surface area contributed by atoms with Gasteiger partial charge in [0, 0.05) is 20.8 Å². The van der Waals surface area contributed by atoms with Crippen LogP contribution in [0.1, 0.15) is 0 Å². The Bertz CT molecular complexity index is 1540. The van der Waals surface area contributed by atoms with Gasteiger partial charge >= 0.3 is 0 Å². The van der Waals surface area contributed by atoms with E-state index in [9.17, 15) is 0 Å². The molecule has 0 unspecified atom stereocenters. The lowest BCUT2D eigenvalue weighted by Gasteiger charge is -2.07. The van der Waals surface area contributed by atoms with Crippen LogP contribution in [0.15, 0.2) is 112 Å². The van der Waals surface area contributed by atoms with Gasteiger partial charge in [-0.15, -0.1) is 0 Å². The summed E-state index contributed by atoms with van der Waals surface area (Å²) in [4.78, 5) is 0. The van der Waals surface area contributed by atoms with Crippen molar-refractivity contribution in [1.82, 2.24) is 0 Å². The molecule has 30 heavy (non-hydrogen) atoms. The van der Waals surface area contributed by atoms with E-state index in [1.165, 1.54) is 21.9 Å². The zero-order valence-corrected chi connectivity index (χ0v) is 17.7. The molecule has 0 aliphatic carbocycles. The fraction of sp³-hybridized carbons (Fsp3) is 0. The lowest BCUT2D eigenvalue weighted by atomic mass is 9.97. The van der Waals surface area contributed by atoms with Crippen LogP contribution in [0, 0.1) is 0 Å². The second kappa shape index (κ2) is 6.86. The zero-order chi connectivity index (χ0) is 20.1. The smallest absolute Gasteiger partial charge is 0.143 e. The molecule has 5 aromatic carbocycles. The first kappa shape index (κ1) is 17.5. The van der Waals surface area contributed by atoms with Crippen LogP contribution in [0.2, 0.25) is 0 Å². The van der Waals surface area contributed by atoms with Crippen molar-refractivity contribution in [3.63, 3.8) is 0 Å². The summed E-state index contributed by atoms with van der Waals surface area (Å²) in [5.74, 6) is 0. The summed E-state index contributed by atoms with van der Waals surface area (Å²) in [6.07, 6.45) is 0. The standard InChI is InChI=1S/C28H17BrO/c29-23-13-11-18(12-14-23)19-7-3-8-22(15-19)24-9-4-10-25-26-16-20-5-1-2-6-21(20)17-27(26)30-28(24)25/h1-17H. The Morgan fingerprint density at radius 3 is 2.10 bits per heavy atom. The Balaban J connectivity index is 1.57. The first-order valence-corrected chi connectivity index (χ1v) is 10.8. The van der Waals surface area contributed by atoms with E-state index in [1.807, 2.05) is 0 Å². The molecule has 6 aromatic rings. The average Bonchev–Trinajstić information content (AvgIpc) is 3.15. The van der Waals surface area contributed by atoms with Gasteiger partial charge in [-0.05, 0) is 57.8 Å². The monoisotopic (exact) mass is 448 g/mol. The fourth-order valence-corrected chi connectivity index (χ4v) is 4.48. The number of furan rings is 1. The number of hydrogen-bond donors (Lipinski definition) is 0. The summed E-state index contributed by atoms with van der Waals surface area (Å²) in [6.45, 7) is 0. The van der Waals surface area contributed by atoms with E-state index in [0.717, 1.165) is 37.5 Å². The van der Waals surface area contributed by atoms with Crippen molar-refractivity contribution in [2.75, 3.05) is 0 Å². The van der Waals surface area contributed by atoms with E-state index in [1.54, 1.807) is 0 Å². The van der Waals surface area contributed by atoms with Gasteiger partial charge in [-0.3, -0.25) is 0 Å². The maximum Gasteiger partial charge on any atom is 0.143 e. The molecule has 2 heteroatoms. The van der Waals surface area contributed by atoms with Gasteiger partial charge in [-0.25, -0.2) is 0 Å². The Morgan fingerprint density at radius 1 is 0.533 bits per heavy atom. The molecule has 0 fully saturated rings. The van der Waals surface area contributed by atoms with Crippen molar-refractivity contribution in [2.45, 2.75) is 0 Å². The summed E-state index contributed by atoms with van der Waals surface area (Å²) in [7, 11) is 0. The van der Waals surface area contributed by atoms with E-state index in [0.29, 0.717) is 0 Å². The molecule has 0 aliphatic rings. The van der Waals surface area contributed by atoms with Crippen LogP contribution in [0.5, 0.6) is 0 Å².